The van der Waals surface area contributed by atoms with Gasteiger partial charge in [-0.15, -0.1) is 0 Å². The van der Waals surface area contributed by atoms with Crippen molar-refractivity contribution in [1.29, 1.82) is 0 Å². The minimum absolute atomic E-state index is 0.0190. The van der Waals surface area contributed by atoms with E-state index in [1.807, 2.05) is 0 Å². The zero-order chi connectivity index (χ0) is 22.6. The highest BCUT2D eigenvalue weighted by molar-refractivity contribution is 7.89. The molecule has 0 atom stereocenters. The summed E-state index contributed by atoms with van der Waals surface area (Å²) in [5.74, 6) is -1.58. The highest BCUT2D eigenvalue weighted by atomic mass is 32.2. The van der Waals surface area contributed by atoms with E-state index in [2.05, 4.69) is 0 Å². The second-order valence-corrected chi connectivity index (χ2v) is 9.07. The number of likely N-dealkylation sites (N-methyl/N-ethyl adjacent to an activating group) is 1. The molecule has 7 nitrogen and oxygen atoms in total. The largest absolute Gasteiger partial charge is 0.495 e. The van der Waals surface area contributed by atoms with Gasteiger partial charge < -0.3 is 14.4 Å². The number of hydrogen-bond acceptors (Lipinski definition) is 5. The monoisotopic (exact) mass is 454 g/mol. The number of halogens is 2. The maximum Gasteiger partial charge on any atom is 0.246 e. The molecule has 0 bridgehead atoms. The number of rotatable bonds is 7. The SMILES string of the molecule is COc1ccc(CC(=O)N(C)Cc2ccc(F)cc2F)cc1S(=O)(=O)N1CCOCC1. The van der Waals surface area contributed by atoms with E-state index in [-0.39, 0.29) is 48.2 Å². The molecule has 0 unspecified atom stereocenters. The summed E-state index contributed by atoms with van der Waals surface area (Å²) in [6.45, 7) is 1.05. The molecule has 2 aromatic carbocycles. The molecule has 1 fully saturated rings. The fourth-order valence-electron chi connectivity index (χ4n) is 3.26. The van der Waals surface area contributed by atoms with E-state index in [4.69, 9.17) is 9.47 Å². The van der Waals surface area contributed by atoms with Gasteiger partial charge in [0.1, 0.15) is 22.3 Å². The molecule has 1 aliphatic heterocycles. The van der Waals surface area contributed by atoms with Gasteiger partial charge in [0.25, 0.3) is 0 Å². The lowest BCUT2D eigenvalue weighted by Crippen LogP contribution is -2.40. The molecule has 1 saturated heterocycles. The topological polar surface area (TPSA) is 76.2 Å². The van der Waals surface area contributed by atoms with Gasteiger partial charge in [0.05, 0.1) is 26.7 Å². The van der Waals surface area contributed by atoms with Crippen molar-refractivity contribution in [3.63, 3.8) is 0 Å². The normalized spacial score (nSPS) is 15.0. The summed E-state index contributed by atoms with van der Waals surface area (Å²) in [4.78, 5) is 13.9. The second-order valence-electron chi connectivity index (χ2n) is 7.16. The lowest BCUT2D eigenvalue weighted by Gasteiger charge is -2.27. The number of hydrogen-bond donors (Lipinski definition) is 0. The molecule has 1 heterocycles. The first-order valence-corrected chi connectivity index (χ1v) is 11.1. The van der Waals surface area contributed by atoms with Gasteiger partial charge in [0.2, 0.25) is 15.9 Å². The Kier molecular flexibility index (Phi) is 7.24. The van der Waals surface area contributed by atoms with Crippen LogP contribution in [-0.4, -0.2) is 64.0 Å². The predicted octanol–water partition coefficient (Wildman–Crippen LogP) is 2.20. The molecule has 2 aromatic rings. The van der Waals surface area contributed by atoms with Crippen LogP contribution in [0.5, 0.6) is 5.75 Å². The van der Waals surface area contributed by atoms with Gasteiger partial charge in [-0.25, -0.2) is 17.2 Å². The Hall–Kier alpha value is -2.56. The first-order valence-electron chi connectivity index (χ1n) is 9.65. The lowest BCUT2D eigenvalue weighted by molar-refractivity contribution is -0.129. The van der Waals surface area contributed by atoms with Crippen molar-refractivity contribution < 1.29 is 31.5 Å². The number of sulfonamides is 1. The van der Waals surface area contributed by atoms with E-state index in [1.165, 1.54) is 41.6 Å². The van der Waals surface area contributed by atoms with Gasteiger partial charge in [0.15, 0.2) is 0 Å². The standard InChI is InChI=1S/C21H24F2N2O5S/c1-24(14-16-4-5-17(22)13-18(16)23)21(26)12-15-3-6-19(29-2)20(11-15)31(27,28)25-7-9-30-10-8-25/h3-6,11,13H,7-10,12,14H2,1-2H3. The Morgan fingerprint density at radius 2 is 1.87 bits per heavy atom. The number of nitrogens with zero attached hydrogens (tertiary/aromatic N) is 2. The molecule has 1 amide bonds. The molecule has 10 heteroatoms. The van der Waals surface area contributed by atoms with E-state index in [0.29, 0.717) is 18.8 Å². The van der Waals surface area contributed by atoms with E-state index in [9.17, 15) is 22.0 Å². The molecular formula is C21H24F2N2O5S. The molecule has 0 radical (unpaired) electrons. The van der Waals surface area contributed by atoms with Crippen LogP contribution < -0.4 is 4.74 Å². The van der Waals surface area contributed by atoms with Gasteiger partial charge in [-0.1, -0.05) is 12.1 Å². The third-order valence-electron chi connectivity index (χ3n) is 5.02. The quantitative estimate of drug-likeness (QED) is 0.641. The van der Waals surface area contributed by atoms with Gasteiger partial charge in [-0.3, -0.25) is 4.79 Å². The van der Waals surface area contributed by atoms with Gasteiger partial charge >= 0.3 is 0 Å². The zero-order valence-corrected chi connectivity index (χ0v) is 18.1. The number of amides is 1. The van der Waals surface area contributed by atoms with E-state index >= 15 is 0 Å². The predicted molar refractivity (Wildman–Crippen MR) is 109 cm³/mol. The maximum atomic E-state index is 13.9. The van der Waals surface area contributed by atoms with Crippen molar-refractivity contribution >= 4 is 15.9 Å². The van der Waals surface area contributed by atoms with E-state index in [0.717, 1.165) is 12.1 Å². The van der Waals surface area contributed by atoms with Crippen LogP contribution in [-0.2, 0) is 32.5 Å². The van der Waals surface area contributed by atoms with Crippen molar-refractivity contribution in [2.24, 2.45) is 0 Å². The van der Waals surface area contributed by atoms with Crippen molar-refractivity contribution in [3.8, 4) is 5.75 Å². The van der Waals surface area contributed by atoms with Crippen LogP contribution in [0, 0.1) is 11.6 Å². The minimum atomic E-state index is -3.82. The molecule has 0 aliphatic carbocycles. The van der Waals surface area contributed by atoms with Crippen LogP contribution in [0.4, 0.5) is 8.78 Å². The fourth-order valence-corrected chi connectivity index (χ4v) is 4.88. The van der Waals surface area contributed by atoms with E-state index < -0.39 is 21.7 Å². The third kappa shape index (κ3) is 5.38. The molecule has 0 spiro atoms. The summed E-state index contributed by atoms with van der Waals surface area (Å²) in [6.07, 6.45) is -0.0884. The maximum absolute atomic E-state index is 13.9. The Labute approximate surface area is 180 Å². The first kappa shape index (κ1) is 23.1. The Bertz CT molecular complexity index is 1060. The van der Waals surface area contributed by atoms with Crippen LogP contribution in [0.15, 0.2) is 41.3 Å². The van der Waals surface area contributed by atoms with E-state index in [1.54, 1.807) is 6.07 Å². The third-order valence-corrected chi connectivity index (χ3v) is 6.94. The van der Waals surface area contributed by atoms with Crippen LogP contribution >= 0.6 is 0 Å². The number of carbonyl (C=O) groups is 1. The highest BCUT2D eigenvalue weighted by Crippen LogP contribution is 2.29. The smallest absolute Gasteiger partial charge is 0.246 e. The van der Waals surface area contributed by atoms with Crippen molar-refractivity contribution in [2.45, 2.75) is 17.9 Å². The van der Waals surface area contributed by atoms with Gasteiger partial charge in [-0.2, -0.15) is 4.31 Å². The molecule has 1 aliphatic rings. The van der Waals surface area contributed by atoms with Crippen molar-refractivity contribution in [1.82, 2.24) is 9.21 Å². The fraction of sp³-hybridized carbons (Fsp3) is 0.381. The number of ether oxygens (including phenoxy) is 2. The summed E-state index contributed by atoms with van der Waals surface area (Å²) < 4.78 is 64.8. The molecule has 0 aromatic heterocycles. The summed E-state index contributed by atoms with van der Waals surface area (Å²) >= 11 is 0. The number of morpholine rings is 1. The average Bonchev–Trinajstić information content (AvgIpc) is 2.76. The summed E-state index contributed by atoms with van der Waals surface area (Å²) in [5, 5.41) is 0. The Balaban J connectivity index is 1.78. The summed E-state index contributed by atoms with van der Waals surface area (Å²) in [5.41, 5.74) is 0.659. The molecule has 3 rings (SSSR count). The molecule has 168 valence electrons. The zero-order valence-electron chi connectivity index (χ0n) is 17.3. The highest BCUT2D eigenvalue weighted by Gasteiger charge is 2.29. The number of methoxy groups -OCH3 is 1. The van der Waals surface area contributed by atoms with Crippen LogP contribution in [0.3, 0.4) is 0 Å². The minimum Gasteiger partial charge on any atom is -0.495 e. The Morgan fingerprint density at radius 1 is 1.16 bits per heavy atom. The van der Waals surface area contributed by atoms with Crippen LogP contribution in [0.1, 0.15) is 11.1 Å². The first-order chi connectivity index (χ1) is 14.7. The molecule has 0 saturated carbocycles. The lowest BCUT2D eigenvalue weighted by atomic mass is 10.1. The van der Waals surface area contributed by atoms with Gasteiger partial charge in [-0.05, 0) is 23.8 Å². The summed E-state index contributed by atoms with van der Waals surface area (Å²) in [6, 6.07) is 7.72. The second kappa shape index (κ2) is 9.71. The van der Waals surface area contributed by atoms with Crippen LogP contribution in [0.25, 0.3) is 0 Å². The molecular weight excluding hydrogens is 430 g/mol. The number of benzene rings is 2. The van der Waals surface area contributed by atoms with Crippen LogP contribution in [0.2, 0.25) is 0 Å². The number of carbonyl (C=O) groups excluding carboxylic acids is 1. The average molecular weight is 454 g/mol. The molecule has 0 N–H and O–H groups in total. The molecule has 31 heavy (non-hydrogen) atoms. The van der Waals surface area contributed by atoms with Crippen molar-refractivity contribution in [3.05, 3.63) is 59.2 Å². The summed E-state index contributed by atoms with van der Waals surface area (Å²) in [7, 11) is -0.945. The Morgan fingerprint density at radius 3 is 2.52 bits per heavy atom. The van der Waals surface area contributed by atoms with Gasteiger partial charge in [0, 0.05) is 38.3 Å². The van der Waals surface area contributed by atoms with Crippen molar-refractivity contribution in [2.75, 3.05) is 40.5 Å².